The summed E-state index contributed by atoms with van der Waals surface area (Å²) in [6.45, 7) is 5.51. The lowest BCUT2D eigenvalue weighted by Gasteiger charge is -1.93. The lowest BCUT2D eigenvalue weighted by molar-refractivity contribution is 0.688. The van der Waals surface area contributed by atoms with Crippen molar-refractivity contribution in [3.8, 4) is 0 Å². The summed E-state index contributed by atoms with van der Waals surface area (Å²) in [5.41, 5.74) is 1.13. The quantitative estimate of drug-likeness (QED) is 0.590. The van der Waals surface area contributed by atoms with Gasteiger partial charge in [0.2, 0.25) is 0 Å². The minimum absolute atomic E-state index is 0.654. The van der Waals surface area contributed by atoms with Crippen LogP contribution in [0, 0.1) is 0 Å². The first kappa shape index (κ1) is 10.4. The molecule has 0 aromatic carbocycles. The Labute approximate surface area is 71.0 Å². The Balaban J connectivity index is 3.90. The molecule has 0 aliphatic rings. The zero-order valence-corrected chi connectivity index (χ0v) is 7.86. The molecule has 0 aliphatic carbocycles. The van der Waals surface area contributed by atoms with E-state index < -0.39 is 10.8 Å². The molecule has 62 valence electrons. The van der Waals surface area contributed by atoms with Crippen LogP contribution in [0.5, 0.6) is 0 Å². The van der Waals surface area contributed by atoms with Crippen molar-refractivity contribution in [2.45, 2.75) is 6.92 Å². The third-order valence-electron chi connectivity index (χ3n) is 1.06. The van der Waals surface area contributed by atoms with Crippen molar-refractivity contribution >= 4 is 10.8 Å². The van der Waals surface area contributed by atoms with Gasteiger partial charge in [0.05, 0.1) is 0 Å². The molecule has 0 fully saturated rings. The minimum Gasteiger partial charge on any atom is -0.260 e. The Morgan fingerprint density at radius 3 is 2.64 bits per heavy atom. The summed E-state index contributed by atoms with van der Waals surface area (Å²) in [6.07, 6.45) is 9.11. The van der Waals surface area contributed by atoms with Crippen molar-refractivity contribution in [1.82, 2.24) is 0 Å². The molecule has 0 bridgehead atoms. The predicted molar refractivity (Wildman–Crippen MR) is 52.0 cm³/mol. The van der Waals surface area contributed by atoms with E-state index >= 15 is 0 Å². The van der Waals surface area contributed by atoms with Gasteiger partial charge in [-0.05, 0) is 6.92 Å². The molecule has 0 radical (unpaired) electrons. The zero-order chi connectivity index (χ0) is 8.69. The fourth-order valence-corrected chi connectivity index (χ4v) is 1.40. The highest BCUT2D eigenvalue weighted by Crippen LogP contribution is 1.94. The van der Waals surface area contributed by atoms with Crippen LogP contribution in [0.15, 0.2) is 36.5 Å². The van der Waals surface area contributed by atoms with Crippen LogP contribution in [0.25, 0.3) is 0 Å². The molecule has 0 saturated carbocycles. The van der Waals surface area contributed by atoms with Gasteiger partial charge in [-0.3, -0.25) is 4.21 Å². The van der Waals surface area contributed by atoms with Gasteiger partial charge in [-0.1, -0.05) is 36.5 Å². The highest BCUT2D eigenvalue weighted by Gasteiger charge is 1.90. The normalized spacial score (nSPS) is 15.3. The number of hydrogen-bond acceptors (Lipinski definition) is 1. The Bertz CT molecular complexity index is 202. The van der Waals surface area contributed by atoms with Gasteiger partial charge in [-0.15, -0.1) is 0 Å². The molecule has 0 heterocycles. The molecule has 0 aliphatic heterocycles. The molecular weight excluding hydrogens is 156 g/mol. The van der Waals surface area contributed by atoms with E-state index in [0.717, 1.165) is 5.57 Å². The maximum atomic E-state index is 10.7. The van der Waals surface area contributed by atoms with E-state index in [2.05, 4.69) is 6.58 Å². The van der Waals surface area contributed by atoms with Crippen LogP contribution in [-0.2, 0) is 10.8 Å². The standard InChI is InChI=1S/C9H14OS/c1-4-5-6-7-9(2)8-11(3)10/h4-7H,1,8H2,2-3H3/b6-5-,9-7+. The monoisotopic (exact) mass is 170 g/mol. The van der Waals surface area contributed by atoms with E-state index in [9.17, 15) is 4.21 Å². The van der Waals surface area contributed by atoms with Crippen LogP contribution >= 0.6 is 0 Å². The van der Waals surface area contributed by atoms with Gasteiger partial charge >= 0.3 is 0 Å². The van der Waals surface area contributed by atoms with Crippen molar-refractivity contribution in [1.29, 1.82) is 0 Å². The molecule has 1 atom stereocenters. The molecule has 0 aromatic rings. The SMILES string of the molecule is C=C/C=C\C=C(/C)CS(C)=O. The van der Waals surface area contributed by atoms with E-state index in [4.69, 9.17) is 0 Å². The summed E-state index contributed by atoms with van der Waals surface area (Å²) >= 11 is 0. The van der Waals surface area contributed by atoms with Gasteiger partial charge in [0.15, 0.2) is 0 Å². The van der Waals surface area contributed by atoms with E-state index in [1.165, 1.54) is 0 Å². The van der Waals surface area contributed by atoms with Crippen molar-refractivity contribution in [2.75, 3.05) is 12.0 Å². The molecule has 1 unspecified atom stereocenters. The average Bonchev–Trinajstić information content (AvgIpc) is 1.86. The number of allylic oxidation sites excluding steroid dienone is 4. The van der Waals surface area contributed by atoms with Gasteiger partial charge in [-0.2, -0.15) is 0 Å². The predicted octanol–water partition coefficient (Wildman–Crippen LogP) is 2.05. The van der Waals surface area contributed by atoms with Crippen LogP contribution in [0.3, 0.4) is 0 Å². The van der Waals surface area contributed by atoms with E-state index in [1.807, 2.05) is 25.2 Å². The largest absolute Gasteiger partial charge is 0.260 e. The number of hydrogen-bond donors (Lipinski definition) is 0. The second-order valence-corrected chi connectivity index (χ2v) is 3.79. The first-order valence-electron chi connectivity index (χ1n) is 3.41. The van der Waals surface area contributed by atoms with Gasteiger partial charge < -0.3 is 0 Å². The molecular formula is C9H14OS. The van der Waals surface area contributed by atoms with Crippen LogP contribution in [0.1, 0.15) is 6.92 Å². The Hall–Kier alpha value is -0.630. The van der Waals surface area contributed by atoms with E-state index in [-0.39, 0.29) is 0 Å². The van der Waals surface area contributed by atoms with Crippen molar-refractivity contribution in [2.24, 2.45) is 0 Å². The van der Waals surface area contributed by atoms with Crippen molar-refractivity contribution < 1.29 is 4.21 Å². The molecule has 0 N–H and O–H groups in total. The maximum absolute atomic E-state index is 10.7. The highest BCUT2D eigenvalue weighted by molar-refractivity contribution is 7.84. The van der Waals surface area contributed by atoms with Crippen LogP contribution in [0.2, 0.25) is 0 Å². The second-order valence-electron chi connectivity index (χ2n) is 2.35. The summed E-state index contributed by atoms with van der Waals surface area (Å²) in [4.78, 5) is 0. The molecule has 0 spiro atoms. The van der Waals surface area contributed by atoms with Crippen LogP contribution < -0.4 is 0 Å². The van der Waals surface area contributed by atoms with E-state index in [0.29, 0.717) is 5.75 Å². The number of rotatable bonds is 4. The molecule has 0 rings (SSSR count). The fraction of sp³-hybridized carbons (Fsp3) is 0.333. The Morgan fingerprint density at radius 2 is 2.18 bits per heavy atom. The zero-order valence-electron chi connectivity index (χ0n) is 7.04. The Morgan fingerprint density at radius 1 is 1.55 bits per heavy atom. The fourth-order valence-electron chi connectivity index (χ4n) is 0.667. The van der Waals surface area contributed by atoms with Crippen LogP contribution in [0.4, 0.5) is 0 Å². The second kappa shape index (κ2) is 6.10. The van der Waals surface area contributed by atoms with Crippen molar-refractivity contribution in [3.05, 3.63) is 36.5 Å². The first-order valence-corrected chi connectivity index (χ1v) is 5.14. The minimum atomic E-state index is -0.729. The molecule has 11 heavy (non-hydrogen) atoms. The highest BCUT2D eigenvalue weighted by atomic mass is 32.2. The van der Waals surface area contributed by atoms with Crippen molar-refractivity contribution in [3.63, 3.8) is 0 Å². The van der Waals surface area contributed by atoms with Gasteiger partial charge in [-0.25, -0.2) is 0 Å². The molecule has 0 aromatic heterocycles. The first-order chi connectivity index (χ1) is 5.16. The maximum Gasteiger partial charge on any atom is 0.0442 e. The summed E-state index contributed by atoms with van der Waals surface area (Å²) < 4.78 is 10.7. The summed E-state index contributed by atoms with van der Waals surface area (Å²) in [7, 11) is -0.729. The molecule has 1 nitrogen and oxygen atoms in total. The summed E-state index contributed by atoms with van der Waals surface area (Å²) in [5, 5.41) is 0. The van der Waals surface area contributed by atoms with E-state index in [1.54, 1.807) is 12.3 Å². The smallest absolute Gasteiger partial charge is 0.0442 e. The topological polar surface area (TPSA) is 17.1 Å². The lowest BCUT2D eigenvalue weighted by atomic mass is 10.3. The van der Waals surface area contributed by atoms with Gasteiger partial charge in [0.1, 0.15) is 0 Å². The third-order valence-corrected chi connectivity index (χ3v) is 1.92. The van der Waals surface area contributed by atoms with Crippen LogP contribution in [-0.4, -0.2) is 16.2 Å². The third kappa shape index (κ3) is 7.26. The average molecular weight is 170 g/mol. The lowest BCUT2D eigenvalue weighted by Crippen LogP contribution is -1.94. The molecule has 2 heteroatoms. The van der Waals surface area contributed by atoms with Gasteiger partial charge in [0, 0.05) is 22.8 Å². The summed E-state index contributed by atoms with van der Waals surface area (Å²) in [5.74, 6) is 0.654. The summed E-state index contributed by atoms with van der Waals surface area (Å²) in [6, 6.07) is 0. The molecule has 0 amide bonds. The molecule has 0 saturated heterocycles. The Kier molecular flexibility index (Phi) is 5.75. The van der Waals surface area contributed by atoms with Gasteiger partial charge in [0.25, 0.3) is 0 Å².